The summed E-state index contributed by atoms with van der Waals surface area (Å²) in [6, 6.07) is 0. The van der Waals surface area contributed by atoms with Gasteiger partial charge in [-0.1, -0.05) is 0 Å². The Balaban J connectivity index is 0.00000288. The maximum Gasteiger partial charge on any atom is 0.310 e. The third kappa shape index (κ3) is 6.74. The summed E-state index contributed by atoms with van der Waals surface area (Å²) in [4.78, 5) is 18.9. The van der Waals surface area contributed by atoms with Crippen LogP contribution in [0.15, 0.2) is 4.99 Å². The van der Waals surface area contributed by atoms with Crippen molar-refractivity contribution >= 4 is 35.9 Å². The van der Waals surface area contributed by atoms with Crippen LogP contribution in [0.3, 0.4) is 0 Å². The van der Waals surface area contributed by atoms with Crippen molar-refractivity contribution < 1.29 is 14.3 Å². The number of aliphatic imine (C=N–C) groups is 1. The largest absolute Gasteiger partial charge is 0.466 e. The third-order valence-corrected chi connectivity index (χ3v) is 4.41. The number of hydrogen-bond donors (Lipinski definition) is 1. The van der Waals surface area contributed by atoms with Crippen LogP contribution < -0.4 is 5.32 Å². The molecule has 2 heterocycles. The van der Waals surface area contributed by atoms with Gasteiger partial charge in [-0.2, -0.15) is 0 Å². The maximum absolute atomic E-state index is 12.0. The third-order valence-electron chi connectivity index (χ3n) is 4.41. The molecule has 0 saturated carbocycles. The van der Waals surface area contributed by atoms with E-state index in [0.717, 1.165) is 57.9 Å². The normalized spacial score (nSPS) is 24.4. The lowest BCUT2D eigenvalue weighted by atomic mass is 9.98. The molecule has 2 rings (SSSR count). The van der Waals surface area contributed by atoms with Gasteiger partial charge in [0.25, 0.3) is 0 Å². The van der Waals surface area contributed by atoms with E-state index in [1.54, 1.807) is 0 Å². The van der Waals surface area contributed by atoms with Crippen LogP contribution in [0.25, 0.3) is 0 Å². The molecule has 6 nitrogen and oxygen atoms in total. The zero-order valence-corrected chi connectivity index (χ0v) is 17.3. The Hall–Kier alpha value is -0.570. The number of ether oxygens (including phenoxy) is 2. The van der Waals surface area contributed by atoms with E-state index in [-0.39, 0.29) is 35.9 Å². The molecule has 0 spiro atoms. The van der Waals surface area contributed by atoms with E-state index in [1.807, 2.05) is 6.92 Å². The fourth-order valence-electron chi connectivity index (χ4n) is 3.23. The van der Waals surface area contributed by atoms with Crippen molar-refractivity contribution in [1.29, 1.82) is 0 Å². The molecule has 0 aromatic carbocycles. The lowest BCUT2D eigenvalue weighted by Gasteiger charge is -2.34. The highest BCUT2D eigenvalue weighted by Gasteiger charge is 2.28. The summed E-state index contributed by atoms with van der Waals surface area (Å²) in [6.45, 7) is 8.52. The summed E-state index contributed by atoms with van der Waals surface area (Å²) in [6.07, 6.45) is 5.58. The summed E-state index contributed by atoms with van der Waals surface area (Å²) in [7, 11) is 0. The summed E-state index contributed by atoms with van der Waals surface area (Å²) >= 11 is 0. The number of esters is 1. The zero-order chi connectivity index (χ0) is 16.5. The molecule has 0 amide bonds. The fourth-order valence-corrected chi connectivity index (χ4v) is 3.23. The standard InChI is InChI=1S/C17H31N3O3.HI/c1-3-18-17(19-10-9-15-8-6-12-23-15)20-11-5-7-14(13-20)16(21)22-4-2;/h14-15H,3-13H2,1-2H3,(H,18,19);1H/t14-,15?;/m1./s1. The monoisotopic (exact) mass is 453 g/mol. The molecule has 0 aromatic heterocycles. The average Bonchev–Trinajstić information content (AvgIpc) is 3.08. The smallest absolute Gasteiger partial charge is 0.310 e. The predicted molar refractivity (Wildman–Crippen MR) is 106 cm³/mol. The van der Waals surface area contributed by atoms with Gasteiger partial charge in [0.1, 0.15) is 0 Å². The lowest BCUT2D eigenvalue weighted by molar-refractivity contribution is -0.149. The summed E-state index contributed by atoms with van der Waals surface area (Å²) in [5.74, 6) is 0.803. The molecule has 2 atom stereocenters. The van der Waals surface area contributed by atoms with Gasteiger partial charge in [-0.05, 0) is 46.0 Å². The first-order chi connectivity index (χ1) is 11.2. The van der Waals surface area contributed by atoms with Crippen LogP contribution in [0.1, 0.15) is 46.0 Å². The topological polar surface area (TPSA) is 63.2 Å². The van der Waals surface area contributed by atoms with Crippen molar-refractivity contribution in [3.05, 3.63) is 0 Å². The minimum Gasteiger partial charge on any atom is -0.466 e. The quantitative estimate of drug-likeness (QED) is 0.290. The minimum atomic E-state index is -0.0765. The Morgan fingerprint density at radius 3 is 2.83 bits per heavy atom. The van der Waals surface area contributed by atoms with E-state index in [1.165, 1.54) is 6.42 Å². The van der Waals surface area contributed by atoms with E-state index in [2.05, 4.69) is 17.1 Å². The Labute approximate surface area is 162 Å². The van der Waals surface area contributed by atoms with Crippen molar-refractivity contribution in [2.24, 2.45) is 10.9 Å². The van der Waals surface area contributed by atoms with Gasteiger partial charge < -0.3 is 19.7 Å². The van der Waals surface area contributed by atoms with Crippen LogP contribution in [0.2, 0.25) is 0 Å². The fraction of sp³-hybridized carbons (Fsp3) is 0.882. The first-order valence-electron chi connectivity index (χ1n) is 9.06. The summed E-state index contributed by atoms with van der Waals surface area (Å²) < 4.78 is 10.8. The first kappa shape index (κ1) is 21.5. The number of likely N-dealkylation sites (tertiary alicyclic amines) is 1. The molecule has 2 aliphatic rings. The number of nitrogens with zero attached hydrogens (tertiary/aromatic N) is 2. The van der Waals surface area contributed by atoms with Crippen LogP contribution in [0.4, 0.5) is 0 Å². The molecule has 1 unspecified atom stereocenters. The number of nitrogens with one attached hydrogen (secondary N) is 1. The predicted octanol–water partition coefficient (Wildman–Crippen LogP) is 2.41. The van der Waals surface area contributed by atoms with Crippen molar-refractivity contribution in [2.75, 3.05) is 39.4 Å². The van der Waals surface area contributed by atoms with E-state index in [0.29, 0.717) is 19.3 Å². The molecular weight excluding hydrogens is 421 g/mol. The van der Waals surface area contributed by atoms with E-state index in [9.17, 15) is 4.79 Å². The Morgan fingerprint density at radius 2 is 2.17 bits per heavy atom. The number of carbonyl (C=O) groups is 1. The maximum atomic E-state index is 12.0. The molecule has 0 bridgehead atoms. The molecule has 0 aromatic rings. The molecule has 24 heavy (non-hydrogen) atoms. The molecule has 140 valence electrons. The lowest BCUT2D eigenvalue weighted by Crippen LogP contribution is -2.48. The Morgan fingerprint density at radius 1 is 1.33 bits per heavy atom. The van der Waals surface area contributed by atoms with E-state index < -0.39 is 0 Å². The summed E-state index contributed by atoms with van der Waals surface area (Å²) in [5.41, 5.74) is 0. The van der Waals surface area contributed by atoms with Gasteiger partial charge in [0.2, 0.25) is 0 Å². The van der Waals surface area contributed by atoms with Crippen LogP contribution in [-0.4, -0.2) is 62.3 Å². The SMILES string of the molecule is CCNC(=NCCC1CCCO1)N1CCC[C@@H](C(=O)OCC)C1.I. The molecule has 7 heteroatoms. The van der Waals surface area contributed by atoms with E-state index in [4.69, 9.17) is 14.5 Å². The van der Waals surface area contributed by atoms with Crippen LogP contribution in [0.5, 0.6) is 0 Å². The number of guanidine groups is 1. The van der Waals surface area contributed by atoms with Gasteiger partial charge in [-0.15, -0.1) is 24.0 Å². The van der Waals surface area contributed by atoms with Crippen molar-refractivity contribution in [1.82, 2.24) is 10.2 Å². The molecule has 1 N–H and O–H groups in total. The molecule has 2 saturated heterocycles. The van der Waals surface area contributed by atoms with Gasteiger partial charge in [0.15, 0.2) is 5.96 Å². The Bertz CT molecular complexity index is 401. The summed E-state index contributed by atoms with van der Waals surface area (Å²) in [5, 5.41) is 3.35. The molecule has 0 radical (unpaired) electrons. The average molecular weight is 453 g/mol. The zero-order valence-electron chi connectivity index (χ0n) is 15.0. The van der Waals surface area contributed by atoms with Gasteiger partial charge >= 0.3 is 5.97 Å². The molecular formula is C17H32IN3O3. The number of rotatable bonds is 6. The second-order valence-electron chi connectivity index (χ2n) is 6.20. The number of halogens is 1. The second-order valence-corrected chi connectivity index (χ2v) is 6.20. The van der Waals surface area contributed by atoms with Gasteiger partial charge in [0, 0.05) is 32.8 Å². The van der Waals surface area contributed by atoms with Crippen LogP contribution >= 0.6 is 24.0 Å². The highest BCUT2D eigenvalue weighted by molar-refractivity contribution is 14.0. The first-order valence-corrected chi connectivity index (χ1v) is 9.06. The number of carbonyl (C=O) groups excluding carboxylic acids is 1. The van der Waals surface area contributed by atoms with Gasteiger partial charge in [0.05, 0.1) is 18.6 Å². The number of hydrogen-bond acceptors (Lipinski definition) is 4. The molecule has 2 aliphatic heterocycles. The highest BCUT2D eigenvalue weighted by atomic mass is 127. The molecule has 0 aliphatic carbocycles. The van der Waals surface area contributed by atoms with Gasteiger partial charge in [-0.25, -0.2) is 0 Å². The number of piperidine rings is 1. The van der Waals surface area contributed by atoms with Crippen LogP contribution in [-0.2, 0) is 14.3 Å². The second kappa shape index (κ2) is 11.9. The molecule has 2 fully saturated rings. The van der Waals surface area contributed by atoms with Gasteiger partial charge in [-0.3, -0.25) is 9.79 Å². The van der Waals surface area contributed by atoms with Crippen molar-refractivity contribution in [2.45, 2.75) is 52.1 Å². The van der Waals surface area contributed by atoms with Crippen molar-refractivity contribution in [3.63, 3.8) is 0 Å². The van der Waals surface area contributed by atoms with Crippen molar-refractivity contribution in [3.8, 4) is 0 Å². The van der Waals surface area contributed by atoms with Crippen LogP contribution in [0, 0.1) is 5.92 Å². The minimum absolute atomic E-state index is 0. The Kier molecular flexibility index (Phi) is 10.6. The highest BCUT2D eigenvalue weighted by Crippen LogP contribution is 2.19. The van der Waals surface area contributed by atoms with E-state index >= 15 is 0 Å².